The zero-order valence-electron chi connectivity index (χ0n) is 14.1. The molecule has 1 aliphatic rings. The number of rotatable bonds is 2. The van der Waals surface area contributed by atoms with E-state index < -0.39 is 0 Å². The van der Waals surface area contributed by atoms with Gasteiger partial charge in [0, 0.05) is 17.1 Å². The number of carbonyl (C=O) groups excluding carboxylic acids is 1. The molecular weight excluding hydrogens is 342 g/mol. The second-order valence-corrected chi connectivity index (χ2v) is 7.18. The van der Waals surface area contributed by atoms with Crippen LogP contribution in [0, 0.1) is 11.3 Å². The molecular formula is C21H17N3OS. The third-order valence-corrected chi connectivity index (χ3v) is 5.60. The maximum absolute atomic E-state index is 13.0. The van der Waals surface area contributed by atoms with Crippen molar-refractivity contribution in [1.82, 2.24) is 4.90 Å². The summed E-state index contributed by atoms with van der Waals surface area (Å²) in [6, 6.07) is 21.1. The molecule has 0 saturated heterocycles. The van der Waals surface area contributed by atoms with Gasteiger partial charge in [-0.05, 0) is 53.3 Å². The lowest BCUT2D eigenvalue weighted by Gasteiger charge is -2.36. The predicted molar refractivity (Wildman–Crippen MR) is 103 cm³/mol. The van der Waals surface area contributed by atoms with Crippen LogP contribution in [0.5, 0.6) is 0 Å². The van der Waals surface area contributed by atoms with Crippen LogP contribution in [-0.2, 0) is 6.42 Å². The Kier molecular flexibility index (Phi) is 4.42. The SMILES string of the molecule is N#Cc1ccc(NC(=O)N2CCc3sccc3[C@@H]2c2ccccc2)cc1. The summed E-state index contributed by atoms with van der Waals surface area (Å²) in [6.45, 7) is 0.676. The van der Waals surface area contributed by atoms with Gasteiger partial charge < -0.3 is 10.2 Å². The first-order valence-electron chi connectivity index (χ1n) is 8.45. The molecule has 5 heteroatoms. The number of urea groups is 1. The van der Waals surface area contributed by atoms with E-state index in [1.54, 1.807) is 35.6 Å². The van der Waals surface area contributed by atoms with Crippen molar-refractivity contribution in [2.75, 3.05) is 11.9 Å². The molecule has 128 valence electrons. The van der Waals surface area contributed by atoms with E-state index >= 15 is 0 Å². The topological polar surface area (TPSA) is 56.1 Å². The van der Waals surface area contributed by atoms with Crippen molar-refractivity contribution in [2.45, 2.75) is 12.5 Å². The molecule has 1 aromatic heterocycles. The Bertz CT molecular complexity index is 957. The quantitative estimate of drug-likeness (QED) is 0.714. The Hall–Kier alpha value is -3.10. The van der Waals surface area contributed by atoms with Crippen LogP contribution in [0.25, 0.3) is 0 Å². The van der Waals surface area contributed by atoms with Gasteiger partial charge in [-0.15, -0.1) is 11.3 Å². The van der Waals surface area contributed by atoms with E-state index in [1.165, 1.54) is 10.4 Å². The molecule has 0 unspecified atom stereocenters. The number of hydrogen-bond donors (Lipinski definition) is 1. The molecule has 0 spiro atoms. The lowest BCUT2D eigenvalue weighted by Crippen LogP contribution is -2.42. The summed E-state index contributed by atoms with van der Waals surface area (Å²) in [6.07, 6.45) is 0.872. The highest BCUT2D eigenvalue weighted by Gasteiger charge is 2.32. The number of amides is 2. The van der Waals surface area contributed by atoms with Gasteiger partial charge in [0.15, 0.2) is 0 Å². The van der Waals surface area contributed by atoms with Crippen molar-refractivity contribution in [3.8, 4) is 6.07 Å². The lowest BCUT2D eigenvalue weighted by molar-refractivity contribution is 0.194. The summed E-state index contributed by atoms with van der Waals surface area (Å²) < 4.78 is 0. The van der Waals surface area contributed by atoms with Crippen molar-refractivity contribution in [3.63, 3.8) is 0 Å². The molecule has 0 bridgehead atoms. The summed E-state index contributed by atoms with van der Waals surface area (Å²) in [5, 5.41) is 14.0. The zero-order valence-corrected chi connectivity index (χ0v) is 14.9. The molecule has 0 radical (unpaired) electrons. The first kappa shape index (κ1) is 16.4. The Morgan fingerprint density at radius 3 is 2.62 bits per heavy atom. The van der Waals surface area contributed by atoms with Gasteiger partial charge in [-0.25, -0.2) is 4.79 Å². The predicted octanol–water partition coefficient (Wildman–Crippen LogP) is 4.80. The molecule has 0 fully saturated rings. The number of fused-ring (bicyclic) bond motifs is 1. The molecule has 4 rings (SSSR count). The maximum Gasteiger partial charge on any atom is 0.322 e. The van der Waals surface area contributed by atoms with Crippen molar-refractivity contribution in [3.05, 3.63) is 87.6 Å². The Morgan fingerprint density at radius 2 is 1.88 bits per heavy atom. The minimum Gasteiger partial charge on any atom is -0.313 e. The van der Waals surface area contributed by atoms with Gasteiger partial charge in [0.1, 0.15) is 0 Å². The van der Waals surface area contributed by atoms with Gasteiger partial charge in [0.05, 0.1) is 17.7 Å². The molecule has 1 atom stereocenters. The molecule has 2 amide bonds. The number of hydrogen-bond acceptors (Lipinski definition) is 3. The number of nitrogens with one attached hydrogen (secondary N) is 1. The van der Waals surface area contributed by atoms with E-state index in [-0.39, 0.29) is 12.1 Å². The Morgan fingerprint density at radius 1 is 1.12 bits per heavy atom. The standard InChI is InChI=1S/C21H17N3OS/c22-14-15-6-8-17(9-7-15)23-21(25)24-12-10-19-18(11-13-26-19)20(24)16-4-2-1-3-5-16/h1-9,11,13,20H,10,12H2,(H,23,25)/t20-/m0/s1. The molecule has 3 aromatic rings. The molecule has 4 nitrogen and oxygen atoms in total. The van der Waals surface area contributed by atoms with Gasteiger partial charge in [-0.1, -0.05) is 30.3 Å². The highest BCUT2D eigenvalue weighted by molar-refractivity contribution is 7.10. The zero-order chi connectivity index (χ0) is 17.9. The molecule has 0 saturated carbocycles. The van der Waals surface area contributed by atoms with Crippen molar-refractivity contribution < 1.29 is 4.79 Å². The van der Waals surface area contributed by atoms with E-state index in [0.29, 0.717) is 17.8 Å². The first-order valence-corrected chi connectivity index (χ1v) is 9.33. The van der Waals surface area contributed by atoms with Gasteiger partial charge in [0.25, 0.3) is 0 Å². The van der Waals surface area contributed by atoms with E-state index in [1.807, 2.05) is 23.1 Å². The van der Waals surface area contributed by atoms with Crippen molar-refractivity contribution in [1.29, 1.82) is 5.26 Å². The number of anilines is 1. The number of nitriles is 1. The van der Waals surface area contributed by atoms with Crippen LogP contribution in [0.1, 0.15) is 27.6 Å². The monoisotopic (exact) mass is 359 g/mol. The van der Waals surface area contributed by atoms with E-state index in [4.69, 9.17) is 5.26 Å². The second-order valence-electron chi connectivity index (χ2n) is 6.18. The number of nitrogens with zero attached hydrogens (tertiary/aromatic N) is 2. The fourth-order valence-electron chi connectivity index (χ4n) is 3.35. The number of benzene rings is 2. The normalized spacial score (nSPS) is 15.8. The molecule has 2 heterocycles. The Labute approximate surface area is 156 Å². The summed E-state index contributed by atoms with van der Waals surface area (Å²) in [5.41, 5.74) is 3.59. The third-order valence-electron chi connectivity index (χ3n) is 4.61. The molecule has 0 aliphatic carbocycles. The highest BCUT2D eigenvalue weighted by Crippen LogP contribution is 2.37. The van der Waals surface area contributed by atoms with Crippen molar-refractivity contribution in [2.24, 2.45) is 0 Å². The van der Waals surface area contributed by atoms with Crippen LogP contribution < -0.4 is 5.32 Å². The Balaban J connectivity index is 1.63. The molecule has 1 N–H and O–H groups in total. The maximum atomic E-state index is 13.0. The van der Waals surface area contributed by atoms with Crippen LogP contribution in [-0.4, -0.2) is 17.5 Å². The van der Waals surface area contributed by atoms with Crippen LogP contribution in [0.2, 0.25) is 0 Å². The minimum atomic E-state index is -0.125. The average Bonchev–Trinajstić information content (AvgIpc) is 3.17. The largest absolute Gasteiger partial charge is 0.322 e. The summed E-state index contributed by atoms with van der Waals surface area (Å²) in [7, 11) is 0. The third kappa shape index (κ3) is 3.07. The van der Waals surface area contributed by atoms with E-state index in [2.05, 4.69) is 35.0 Å². The first-order chi connectivity index (χ1) is 12.8. The van der Waals surface area contributed by atoms with Crippen LogP contribution in [0.15, 0.2) is 66.0 Å². The number of carbonyl (C=O) groups is 1. The van der Waals surface area contributed by atoms with Gasteiger partial charge >= 0.3 is 6.03 Å². The fraction of sp³-hybridized carbons (Fsp3) is 0.143. The van der Waals surface area contributed by atoms with E-state index in [9.17, 15) is 4.79 Å². The fourth-order valence-corrected chi connectivity index (χ4v) is 4.26. The van der Waals surface area contributed by atoms with Gasteiger partial charge in [-0.2, -0.15) is 5.26 Å². The van der Waals surface area contributed by atoms with Crippen LogP contribution in [0.3, 0.4) is 0 Å². The van der Waals surface area contributed by atoms with Crippen LogP contribution in [0.4, 0.5) is 10.5 Å². The second kappa shape index (κ2) is 7.03. The minimum absolute atomic E-state index is 0.0791. The van der Waals surface area contributed by atoms with Gasteiger partial charge in [0.2, 0.25) is 0 Å². The van der Waals surface area contributed by atoms with E-state index in [0.717, 1.165) is 12.0 Å². The lowest BCUT2D eigenvalue weighted by atomic mass is 9.93. The average molecular weight is 359 g/mol. The molecule has 2 aromatic carbocycles. The molecule has 1 aliphatic heterocycles. The number of thiophene rings is 1. The molecule has 26 heavy (non-hydrogen) atoms. The smallest absolute Gasteiger partial charge is 0.313 e. The van der Waals surface area contributed by atoms with Crippen LogP contribution >= 0.6 is 11.3 Å². The van der Waals surface area contributed by atoms with Crippen molar-refractivity contribution >= 4 is 23.1 Å². The summed E-state index contributed by atoms with van der Waals surface area (Å²) in [5.74, 6) is 0. The van der Waals surface area contributed by atoms with Gasteiger partial charge in [-0.3, -0.25) is 0 Å². The summed E-state index contributed by atoms with van der Waals surface area (Å²) in [4.78, 5) is 16.2. The summed E-state index contributed by atoms with van der Waals surface area (Å²) >= 11 is 1.76. The highest BCUT2D eigenvalue weighted by atomic mass is 32.1.